The molecule has 56 heavy (non-hydrogen) atoms. The van der Waals surface area contributed by atoms with Crippen molar-refractivity contribution in [3.05, 3.63) is 163 Å². The van der Waals surface area contributed by atoms with Crippen LogP contribution in [0.25, 0.3) is 22.3 Å². The summed E-state index contributed by atoms with van der Waals surface area (Å²) >= 11 is -2.86. The van der Waals surface area contributed by atoms with Gasteiger partial charge in [0.05, 0.1) is 0 Å². The van der Waals surface area contributed by atoms with Crippen LogP contribution in [0.5, 0.6) is 0 Å². The molecule has 4 aromatic rings. The average molecular weight is 859 g/mol. The van der Waals surface area contributed by atoms with Crippen molar-refractivity contribution in [2.75, 3.05) is 0 Å². The van der Waals surface area contributed by atoms with Crippen LogP contribution in [0.1, 0.15) is 137 Å². The molecule has 0 N–H and O–H groups in total. The number of benzene rings is 4. The Balaban J connectivity index is 0.00000266. The summed E-state index contributed by atoms with van der Waals surface area (Å²) in [5, 5.41) is 0. The fourth-order valence-corrected chi connectivity index (χ4v) is 19.8. The van der Waals surface area contributed by atoms with Crippen molar-refractivity contribution in [1.29, 1.82) is 0 Å². The standard InChI is InChI=1S/C27H29.C15H14.C11H17.2ClH.Zr/c1-16-7-9-26(3,4)24-12-18-11-19-13-25-21(17(2)8-10-27(25,5)6)15-23(19)22(18)14-20(16)24;1-3-8-14(9-4-1)12-7-13-15-10-5-2-6-11-15;1-5-9-6-7-10(8-9)11(2,3)4;;;/h7-8,11-15H,9-10H2,1-6H3;1-6,8-11H,12-13H2;7-9H,5H2,1-4H3;2*1H;/q;;;;;+2/p-2. The molecule has 0 nitrogen and oxygen atoms in total. The van der Waals surface area contributed by atoms with E-state index < -0.39 is 21.3 Å². The Hall–Kier alpha value is -2.83. The van der Waals surface area contributed by atoms with Crippen molar-refractivity contribution in [3.8, 4) is 11.1 Å². The second kappa shape index (κ2) is 16.1. The smallest absolute Gasteiger partial charge is 1.00 e. The second-order valence-electron chi connectivity index (χ2n) is 19.2. The van der Waals surface area contributed by atoms with Gasteiger partial charge in [-0.3, -0.25) is 0 Å². The molecule has 0 fully saturated rings. The van der Waals surface area contributed by atoms with E-state index in [2.05, 4.69) is 178 Å². The Kier molecular flexibility index (Phi) is 12.3. The Morgan fingerprint density at radius 1 is 0.661 bits per heavy atom. The maximum atomic E-state index is 2.75. The number of hydrogen-bond donors (Lipinski definition) is 0. The summed E-state index contributed by atoms with van der Waals surface area (Å²) in [5.41, 5.74) is 20.0. The summed E-state index contributed by atoms with van der Waals surface area (Å²) in [6.07, 6.45) is 15.9. The van der Waals surface area contributed by atoms with E-state index in [4.69, 9.17) is 0 Å². The molecule has 0 aromatic heterocycles. The maximum absolute atomic E-state index is 2.86. The molecule has 0 amide bonds. The van der Waals surface area contributed by atoms with Crippen LogP contribution in [0.3, 0.4) is 0 Å². The predicted octanol–water partition coefficient (Wildman–Crippen LogP) is 8.11. The van der Waals surface area contributed by atoms with E-state index in [9.17, 15) is 0 Å². The van der Waals surface area contributed by atoms with Crippen molar-refractivity contribution in [2.45, 2.75) is 116 Å². The van der Waals surface area contributed by atoms with Crippen LogP contribution in [0.15, 0.2) is 118 Å². The molecular weight excluding hydrogens is 799 g/mol. The van der Waals surface area contributed by atoms with Crippen LogP contribution >= 0.6 is 0 Å². The number of rotatable bonds is 7. The van der Waals surface area contributed by atoms with E-state index in [1.165, 1.54) is 44.5 Å². The van der Waals surface area contributed by atoms with Crippen LogP contribution in [0, 0.1) is 11.3 Å². The topological polar surface area (TPSA) is 0 Å². The fraction of sp³-hybridized carbons (Fsp3) is 0.377. The van der Waals surface area contributed by atoms with E-state index in [-0.39, 0.29) is 41.1 Å². The third-order valence-corrected chi connectivity index (χ3v) is 21.8. The largest absolute Gasteiger partial charge is 1.00 e. The first kappa shape index (κ1) is 42.8. The van der Waals surface area contributed by atoms with Crippen molar-refractivity contribution in [1.82, 2.24) is 0 Å². The first-order chi connectivity index (χ1) is 25.7. The molecule has 0 aliphatic heterocycles. The van der Waals surface area contributed by atoms with Crippen LogP contribution in [0.2, 0.25) is 0 Å². The van der Waals surface area contributed by atoms with Gasteiger partial charge in [-0.1, -0.05) is 0 Å². The molecule has 0 spiro atoms. The third kappa shape index (κ3) is 7.72. The summed E-state index contributed by atoms with van der Waals surface area (Å²) < 4.78 is 4.07. The molecule has 0 bridgehead atoms. The van der Waals surface area contributed by atoms with Gasteiger partial charge in [0.1, 0.15) is 0 Å². The minimum Gasteiger partial charge on any atom is -1.00 e. The van der Waals surface area contributed by atoms with E-state index >= 15 is 0 Å². The zero-order valence-corrected chi connectivity index (χ0v) is 39.3. The number of fused-ring (bicyclic) bond motifs is 5. The van der Waals surface area contributed by atoms with E-state index in [1.54, 1.807) is 27.8 Å². The fourth-order valence-electron chi connectivity index (χ4n) is 9.91. The normalized spacial score (nSPS) is 18.6. The third-order valence-electron chi connectivity index (χ3n) is 13.3. The van der Waals surface area contributed by atoms with Gasteiger partial charge in [0.15, 0.2) is 0 Å². The van der Waals surface area contributed by atoms with Gasteiger partial charge < -0.3 is 24.8 Å². The maximum Gasteiger partial charge on any atom is -1.00 e. The van der Waals surface area contributed by atoms with Gasteiger partial charge in [0.25, 0.3) is 0 Å². The molecule has 290 valence electrons. The van der Waals surface area contributed by atoms with Gasteiger partial charge in [-0.25, -0.2) is 0 Å². The molecule has 3 heteroatoms. The van der Waals surface area contributed by atoms with Gasteiger partial charge in [0.2, 0.25) is 0 Å². The first-order valence-electron chi connectivity index (χ1n) is 20.6. The average Bonchev–Trinajstić information content (AvgIpc) is 3.71. The molecule has 0 saturated carbocycles. The Morgan fingerprint density at radius 2 is 1.11 bits per heavy atom. The monoisotopic (exact) mass is 856 g/mol. The van der Waals surface area contributed by atoms with E-state index in [1.807, 2.05) is 6.49 Å². The SMILES string of the molecule is CCC1C=C(C(C)(C)C)C=[C]1[Zr+2](=[C](Cc1ccccc1)Cc1ccccc1)[CH]1c2cc3c(cc2-c2cc4c(cc21)C(C)(C)CC=C4C)C(C)=CCC3(C)C.[Cl-].[Cl-]. The summed E-state index contributed by atoms with van der Waals surface area (Å²) in [5.74, 6) is 0.501. The molecule has 4 aliphatic rings. The quantitative estimate of drug-likeness (QED) is 0.176. The van der Waals surface area contributed by atoms with Gasteiger partial charge in [-0.2, -0.15) is 0 Å². The summed E-state index contributed by atoms with van der Waals surface area (Å²) in [6.45, 7) is 24.3. The van der Waals surface area contributed by atoms with Crippen LogP contribution in [-0.2, 0) is 44.9 Å². The predicted molar refractivity (Wildman–Crippen MR) is 231 cm³/mol. The van der Waals surface area contributed by atoms with Gasteiger partial charge >= 0.3 is 336 Å². The summed E-state index contributed by atoms with van der Waals surface area (Å²) in [4.78, 5) is 0. The minimum absolute atomic E-state index is 0. The zero-order valence-electron chi connectivity index (χ0n) is 35.3. The van der Waals surface area contributed by atoms with Gasteiger partial charge in [-0.05, 0) is 0 Å². The minimum atomic E-state index is -2.86. The van der Waals surface area contributed by atoms with Crippen LogP contribution in [-0.4, -0.2) is 3.21 Å². The summed E-state index contributed by atoms with van der Waals surface area (Å²) in [6, 6.07) is 33.6. The van der Waals surface area contributed by atoms with Crippen molar-refractivity contribution in [2.24, 2.45) is 11.3 Å². The van der Waals surface area contributed by atoms with Crippen LogP contribution in [0.4, 0.5) is 0 Å². The molecule has 1 atom stereocenters. The van der Waals surface area contributed by atoms with Crippen molar-refractivity contribution >= 4 is 14.4 Å². The first-order valence-corrected chi connectivity index (χ1v) is 24.5. The van der Waals surface area contributed by atoms with Crippen molar-refractivity contribution < 1.29 is 46.1 Å². The zero-order chi connectivity index (χ0) is 38.2. The molecule has 0 saturated heterocycles. The van der Waals surface area contributed by atoms with Crippen LogP contribution < -0.4 is 24.8 Å². The Labute approximate surface area is 358 Å². The summed E-state index contributed by atoms with van der Waals surface area (Å²) in [7, 11) is 0. The molecule has 0 radical (unpaired) electrons. The van der Waals surface area contributed by atoms with E-state index in [0.29, 0.717) is 9.54 Å². The van der Waals surface area contributed by atoms with E-state index in [0.717, 1.165) is 32.1 Å². The van der Waals surface area contributed by atoms with Gasteiger partial charge in [0, 0.05) is 0 Å². The van der Waals surface area contributed by atoms with Gasteiger partial charge in [-0.15, -0.1) is 0 Å². The molecule has 1 unspecified atom stereocenters. The molecular formula is C53H60Cl2Zr. The number of hydrogen-bond acceptors (Lipinski definition) is 0. The number of allylic oxidation sites excluding steroid dienone is 8. The Bertz CT molecular complexity index is 2170. The van der Waals surface area contributed by atoms with Crippen molar-refractivity contribution in [3.63, 3.8) is 0 Å². The molecule has 4 aliphatic carbocycles. The molecule has 4 aromatic carbocycles. The molecule has 8 rings (SSSR count). The molecule has 0 heterocycles. The number of halogens is 2. The Morgan fingerprint density at radius 3 is 1.52 bits per heavy atom. The second-order valence-corrected chi connectivity index (χ2v) is 25.8.